The predicted octanol–water partition coefficient (Wildman–Crippen LogP) is 3.43. The summed E-state index contributed by atoms with van der Waals surface area (Å²) >= 11 is 5.79. The predicted molar refractivity (Wildman–Crippen MR) is 86.7 cm³/mol. The third-order valence-corrected chi connectivity index (χ3v) is 3.16. The number of benzene rings is 2. The largest absolute Gasteiger partial charge is 0.374 e. The Morgan fingerprint density at radius 3 is 2.59 bits per heavy atom. The van der Waals surface area contributed by atoms with Crippen LogP contribution in [0.25, 0.3) is 0 Å². The maximum absolute atomic E-state index is 13.4. The monoisotopic (exact) mass is 319 g/mol. The van der Waals surface area contributed by atoms with Crippen molar-refractivity contribution in [3.05, 3.63) is 64.9 Å². The normalized spacial score (nSPS) is 12.1. The molecule has 2 rings (SSSR count). The molecule has 1 atom stereocenters. The number of hydrazone groups is 1. The zero-order chi connectivity index (χ0) is 15.9. The van der Waals surface area contributed by atoms with Gasteiger partial charge in [-0.1, -0.05) is 29.8 Å². The molecule has 0 spiro atoms. The van der Waals surface area contributed by atoms with Crippen LogP contribution >= 0.6 is 11.6 Å². The molecular formula is C16H15ClFN3O. The smallest absolute Gasteiger partial charge is 0.262 e. The summed E-state index contributed by atoms with van der Waals surface area (Å²) in [5.41, 5.74) is 3.44. The van der Waals surface area contributed by atoms with E-state index in [4.69, 9.17) is 11.6 Å². The number of nitrogens with zero attached hydrogens (tertiary/aromatic N) is 1. The number of amides is 1. The molecule has 4 nitrogen and oxygen atoms in total. The molecule has 0 bridgehead atoms. The van der Waals surface area contributed by atoms with Crippen LogP contribution in [-0.4, -0.2) is 18.2 Å². The topological polar surface area (TPSA) is 53.5 Å². The van der Waals surface area contributed by atoms with E-state index >= 15 is 0 Å². The lowest BCUT2D eigenvalue weighted by Gasteiger charge is -2.13. The number of carbonyl (C=O) groups is 1. The highest BCUT2D eigenvalue weighted by Crippen LogP contribution is 2.14. The van der Waals surface area contributed by atoms with Gasteiger partial charge in [-0.25, -0.2) is 9.82 Å². The Morgan fingerprint density at radius 1 is 1.23 bits per heavy atom. The molecule has 0 aliphatic heterocycles. The number of nitrogens with one attached hydrogen (secondary N) is 2. The minimum absolute atomic E-state index is 0.307. The summed E-state index contributed by atoms with van der Waals surface area (Å²) in [6.45, 7) is 1.70. The highest BCUT2D eigenvalue weighted by Gasteiger charge is 2.11. The second-order valence-corrected chi connectivity index (χ2v) is 5.07. The van der Waals surface area contributed by atoms with Gasteiger partial charge in [0.05, 0.1) is 6.21 Å². The van der Waals surface area contributed by atoms with Gasteiger partial charge in [-0.3, -0.25) is 4.79 Å². The van der Waals surface area contributed by atoms with E-state index in [1.807, 2.05) is 0 Å². The number of anilines is 1. The van der Waals surface area contributed by atoms with Crippen LogP contribution < -0.4 is 10.7 Å². The Bertz CT molecular complexity index is 673. The average molecular weight is 320 g/mol. The van der Waals surface area contributed by atoms with Gasteiger partial charge in [-0.15, -0.1) is 0 Å². The molecule has 2 N–H and O–H groups in total. The fraction of sp³-hybridized carbons (Fsp3) is 0.125. The van der Waals surface area contributed by atoms with Crippen molar-refractivity contribution in [2.45, 2.75) is 13.0 Å². The fourth-order valence-electron chi connectivity index (χ4n) is 1.70. The van der Waals surface area contributed by atoms with Gasteiger partial charge in [-0.2, -0.15) is 5.10 Å². The molecule has 0 aliphatic carbocycles. The molecule has 2 aromatic carbocycles. The van der Waals surface area contributed by atoms with Crippen molar-refractivity contribution in [3.8, 4) is 0 Å². The van der Waals surface area contributed by atoms with E-state index in [9.17, 15) is 9.18 Å². The zero-order valence-electron chi connectivity index (χ0n) is 11.9. The molecule has 1 amide bonds. The molecule has 0 fully saturated rings. The van der Waals surface area contributed by atoms with Gasteiger partial charge in [0.1, 0.15) is 11.9 Å². The van der Waals surface area contributed by atoms with Crippen molar-refractivity contribution in [2.75, 3.05) is 5.32 Å². The third kappa shape index (κ3) is 4.56. The van der Waals surface area contributed by atoms with Gasteiger partial charge >= 0.3 is 0 Å². The third-order valence-electron chi connectivity index (χ3n) is 2.90. The van der Waals surface area contributed by atoms with Crippen LogP contribution in [0.15, 0.2) is 53.6 Å². The van der Waals surface area contributed by atoms with E-state index in [1.54, 1.807) is 49.4 Å². The van der Waals surface area contributed by atoms with E-state index in [2.05, 4.69) is 15.8 Å². The first-order valence-electron chi connectivity index (χ1n) is 6.66. The van der Waals surface area contributed by atoms with Gasteiger partial charge in [0, 0.05) is 16.3 Å². The van der Waals surface area contributed by atoms with Crippen LogP contribution in [0.3, 0.4) is 0 Å². The minimum Gasteiger partial charge on any atom is -0.374 e. The first-order valence-corrected chi connectivity index (χ1v) is 7.03. The maximum Gasteiger partial charge on any atom is 0.262 e. The van der Waals surface area contributed by atoms with E-state index in [0.717, 1.165) is 5.69 Å². The maximum atomic E-state index is 13.4. The molecule has 0 unspecified atom stereocenters. The molecule has 114 valence electrons. The summed E-state index contributed by atoms with van der Waals surface area (Å²) in [7, 11) is 0. The first-order chi connectivity index (χ1) is 10.6. The number of hydrogen-bond donors (Lipinski definition) is 2. The summed E-state index contributed by atoms with van der Waals surface area (Å²) in [6, 6.07) is 12.7. The lowest BCUT2D eigenvalue weighted by molar-refractivity contribution is -0.121. The standard InChI is InChI=1S/C16H15ClFN3O/c1-11(20-14-8-6-13(17)7-9-14)16(22)21-19-10-12-4-2-3-5-15(12)18/h2-11,20H,1H3,(H,21,22)/b19-10-/t11-/m1/s1. The van der Waals surface area contributed by atoms with Crippen molar-refractivity contribution in [1.82, 2.24) is 5.43 Å². The highest BCUT2D eigenvalue weighted by atomic mass is 35.5. The summed E-state index contributed by atoms with van der Waals surface area (Å²) in [5.74, 6) is -0.727. The van der Waals surface area contributed by atoms with Gasteiger partial charge in [0.25, 0.3) is 5.91 Å². The molecule has 22 heavy (non-hydrogen) atoms. The van der Waals surface area contributed by atoms with Crippen molar-refractivity contribution in [3.63, 3.8) is 0 Å². The number of halogens is 2. The number of hydrogen-bond acceptors (Lipinski definition) is 3. The van der Waals surface area contributed by atoms with E-state index in [1.165, 1.54) is 12.3 Å². The van der Waals surface area contributed by atoms with E-state index in [0.29, 0.717) is 10.6 Å². The van der Waals surface area contributed by atoms with Crippen molar-refractivity contribution >= 4 is 29.4 Å². The zero-order valence-corrected chi connectivity index (χ0v) is 12.6. The van der Waals surface area contributed by atoms with Crippen molar-refractivity contribution in [1.29, 1.82) is 0 Å². The van der Waals surface area contributed by atoms with Crippen molar-refractivity contribution < 1.29 is 9.18 Å². The quantitative estimate of drug-likeness (QED) is 0.655. The highest BCUT2D eigenvalue weighted by molar-refractivity contribution is 6.30. The van der Waals surface area contributed by atoms with Crippen LogP contribution in [0.1, 0.15) is 12.5 Å². The Balaban J connectivity index is 1.89. The summed E-state index contributed by atoms with van der Waals surface area (Å²) in [4.78, 5) is 11.9. The molecule has 6 heteroatoms. The van der Waals surface area contributed by atoms with E-state index < -0.39 is 11.9 Å². The molecule has 0 saturated carbocycles. The second-order valence-electron chi connectivity index (χ2n) is 4.63. The average Bonchev–Trinajstić information content (AvgIpc) is 2.51. The lowest BCUT2D eigenvalue weighted by atomic mass is 10.2. The SMILES string of the molecule is C[C@@H](Nc1ccc(Cl)cc1)C(=O)N/N=C\c1ccccc1F. The Labute approximate surface area is 133 Å². The molecule has 0 aromatic heterocycles. The Hall–Kier alpha value is -2.40. The van der Waals surface area contributed by atoms with Gasteiger partial charge < -0.3 is 5.32 Å². The van der Waals surface area contributed by atoms with Gasteiger partial charge in [0.2, 0.25) is 0 Å². The van der Waals surface area contributed by atoms with Crippen LogP contribution in [0.4, 0.5) is 10.1 Å². The van der Waals surface area contributed by atoms with Gasteiger partial charge in [0.15, 0.2) is 0 Å². The summed E-state index contributed by atoms with van der Waals surface area (Å²) in [6.07, 6.45) is 1.27. The van der Waals surface area contributed by atoms with Crippen molar-refractivity contribution in [2.24, 2.45) is 5.10 Å². The van der Waals surface area contributed by atoms with E-state index in [-0.39, 0.29) is 5.91 Å². The molecule has 2 aromatic rings. The van der Waals surface area contributed by atoms with Crippen LogP contribution in [0.2, 0.25) is 5.02 Å². The molecule has 0 heterocycles. The molecule has 0 aliphatic rings. The fourth-order valence-corrected chi connectivity index (χ4v) is 1.83. The Kier molecular flexibility index (Phi) is 5.49. The number of carbonyl (C=O) groups excluding carboxylic acids is 1. The lowest BCUT2D eigenvalue weighted by Crippen LogP contribution is -2.34. The summed E-state index contributed by atoms with van der Waals surface area (Å²) in [5, 5.41) is 7.39. The van der Waals surface area contributed by atoms with Crippen LogP contribution in [-0.2, 0) is 4.79 Å². The second kappa shape index (κ2) is 7.56. The molecular weight excluding hydrogens is 305 g/mol. The Morgan fingerprint density at radius 2 is 1.91 bits per heavy atom. The number of rotatable bonds is 5. The van der Waals surface area contributed by atoms with Gasteiger partial charge in [-0.05, 0) is 37.3 Å². The summed E-state index contributed by atoms with van der Waals surface area (Å²) < 4.78 is 13.4. The molecule has 0 radical (unpaired) electrons. The minimum atomic E-state index is -0.501. The van der Waals surface area contributed by atoms with Crippen LogP contribution in [0, 0.1) is 5.82 Å². The van der Waals surface area contributed by atoms with Crippen LogP contribution in [0.5, 0.6) is 0 Å². The first kappa shape index (κ1) is 16.0. The molecule has 0 saturated heterocycles.